The van der Waals surface area contributed by atoms with Crippen molar-refractivity contribution in [3.63, 3.8) is 0 Å². The molecule has 21 heavy (non-hydrogen) atoms. The molecule has 0 aliphatic rings. The fraction of sp³-hybridized carbons (Fsp3) is 0.0769. The lowest BCUT2D eigenvalue weighted by Gasteiger charge is -2.07. The predicted molar refractivity (Wildman–Crippen MR) is 77.2 cm³/mol. The van der Waals surface area contributed by atoms with Gasteiger partial charge in [0, 0.05) is 24.5 Å². The number of benzene rings is 1. The molecular weight excluding hydrogens is 292 g/mol. The first-order chi connectivity index (χ1) is 10.0. The summed E-state index contributed by atoms with van der Waals surface area (Å²) in [6, 6.07) is 9.74. The maximum atomic E-state index is 12.0. The fourth-order valence-corrected chi connectivity index (χ4v) is 2.65. The number of nitrogens with zero attached hydrogens (tertiary/aromatic N) is 2. The Morgan fingerprint density at radius 2 is 2.14 bits per heavy atom. The summed E-state index contributed by atoms with van der Waals surface area (Å²) in [5, 5.41) is 11.5. The third-order valence-corrected chi connectivity index (χ3v) is 4.13. The van der Waals surface area contributed by atoms with E-state index in [1.807, 2.05) is 0 Å². The molecule has 0 fully saturated rings. The molecule has 0 saturated heterocycles. The molecule has 0 bridgehead atoms. The molecule has 7 nitrogen and oxygen atoms in total. The van der Waals surface area contributed by atoms with Gasteiger partial charge in [0.15, 0.2) is 5.84 Å². The fourth-order valence-electron chi connectivity index (χ4n) is 1.67. The molecule has 1 aromatic heterocycles. The van der Waals surface area contributed by atoms with Crippen LogP contribution in [0.1, 0.15) is 11.1 Å². The summed E-state index contributed by atoms with van der Waals surface area (Å²) < 4.78 is 26.5. The minimum Gasteiger partial charge on any atom is -0.409 e. The van der Waals surface area contributed by atoms with Crippen LogP contribution in [0.3, 0.4) is 0 Å². The monoisotopic (exact) mass is 306 g/mol. The van der Waals surface area contributed by atoms with Crippen LogP contribution >= 0.6 is 0 Å². The number of hydrogen-bond acceptors (Lipinski definition) is 5. The van der Waals surface area contributed by atoms with Crippen LogP contribution in [0.15, 0.2) is 58.8 Å². The van der Waals surface area contributed by atoms with Crippen molar-refractivity contribution in [1.29, 1.82) is 0 Å². The van der Waals surface area contributed by atoms with Crippen LogP contribution in [0.5, 0.6) is 0 Å². The summed E-state index contributed by atoms with van der Waals surface area (Å²) in [4.78, 5) is 3.87. The highest BCUT2D eigenvalue weighted by Gasteiger charge is 2.13. The second-order valence-electron chi connectivity index (χ2n) is 4.20. The van der Waals surface area contributed by atoms with E-state index in [1.54, 1.807) is 30.3 Å². The van der Waals surface area contributed by atoms with Gasteiger partial charge in [-0.15, -0.1) is 0 Å². The lowest BCUT2D eigenvalue weighted by molar-refractivity contribution is 0.318. The zero-order chi connectivity index (χ0) is 15.3. The minimum absolute atomic E-state index is 0.0352. The van der Waals surface area contributed by atoms with Gasteiger partial charge in [-0.05, 0) is 23.8 Å². The highest BCUT2D eigenvalue weighted by atomic mass is 32.2. The van der Waals surface area contributed by atoms with Gasteiger partial charge in [0.2, 0.25) is 10.0 Å². The van der Waals surface area contributed by atoms with Crippen molar-refractivity contribution in [2.24, 2.45) is 10.9 Å². The number of aromatic nitrogens is 1. The van der Waals surface area contributed by atoms with Crippen LogP contribution in [0.4, 0.5) is 0 Å². The van der Waals surface area contributed by atoms with Crippen molar-refractivity contribution >= 4 is 15.9 Å². The van der Waals surface area contributed by atoms with Gasteiger partial charge < -0.3 is 10.9 Å². The number of amidine groups is 1. The van der Waals surface area contributed by atoms with Crippen molar-refractivity contribution in [2.75, 3.05) is 0 Å². The second kappa shape index (κ2) is 6.33. The maximum Gasteiger partial charge on any atom is 0.242 e. The van der Waals surface area contributed by atoms with Gasteiger partial charge in [-0.1, -0.05) is 23.4 Å². The van der Waals surface area contributed by atoms with Gasteiger partial charge in [0.05, 0.1) is 0 Å². The summed E-state index contributed by atoms with van der Waals surface area (Å²) in [7, 11) is -3.62. The lowest BCUT2D eigenvalue weighted by Crippen LogP contribution is -2.23. The first-order valence-corrected chi connectivity index (χ1v) is 7.48. The van der Waals surface area contributed by atoms with E-state index in [1.165, 1.54) is 18.5 Å². The number of nitrogens with one attached hydrogen (secondary N) is 1. The lowest BCUT2D eigenvalue weighted by atomic mass is 10.1. The van der Waals surface area contributed by atoms with Crippen LogP contribution in [0.2, 0.25) is 0 Å². The molecule has 110 valence electrons. The van der Waals surface area contributed by atoms with E-state index in [-0.39, 0.29) is 17.3 Å². The van der Waals surface area contributed by atoms with Crippen LogP contribution in [-0.4, -0.2) is 24.4 Å². The quantitative estimate of drug-likeness (QED) is 0.324. The van der Waals surface area contributed by atoms with E-state index in [9.17, 15) is 8.42 Å². The SMILES string of the molecule is NC(=NO)c1cccc(CNS(=O)(=O)c2cccnc2)c1. The van der Waals surface area contributed by atoms with Gasteiger partial charge >= 0.3 is 0 Å². The Labute approximate surface area is 122 Å². The molecule has 2 aromatic rings. The van der Waals surface area contributed by atoms with Crippen LogP contribution in [0.25, 0.3) is 0 Å². The number of oxime groups is 1. The standard InChI is InChI=1S/C13H14N4O3S/c14-13(17-18)11-4-1-3-10(7-11)8-16-21(19,20)12-5-2-6-15-9-12/h1-7,9,16,18H,8H2,(H2,14,17). The molecule has 0 radical (unpaired) electrons. The topological polar surface area (TPSA) is 118 Å². The highest BCUT2D eigenvalue weighted by Crippen LogP contribution is 2.09. The van der Waals surface area contributed by atoms with Gasteiger partial charge in [-0.3, -0.25) is 4.98 Å². The molecule has 0 spiro atoms. The van der Waals surface area contributed by atoms with E-state index in [4.69, 9.17) is 10.9 Å². The van der Waals surface area contributed by atoms with E-state index in [0.29, 0.717) is 11.1 Å². The zero-order valence-electron chi connectivity index (χ0n) is 11.0. The van der Waals surface area contributed by atoms with Gasteiger partial charge in [-0.25, -0.2) is 13.1 Å². The predicted octanol–water partition coefficient (Wildman–Crippen LogP) is 0.655. The average Bonchev–Trinajstić information content (AvgIpc) is 2.53. The van der Waals surface area contributed by atoms with Gasteiger partial charge in [0.1, 0.15) is 4.90 Å². The van der Waals surface area contributed by atoms with Crippen molar-refractivity contribution < 1.29 is 13.6 Å². The summed E-state index contributed by atoms with van der Waals surface area (Å²) in [6.45, 7) is 0.0871. The summed E-state index contributed by atoms with van der Waals surface area (Å²) >= 11 is 0. The molecular formula is C13H14N4O3S. The van der Waals surface area contributed by atoms with Crippen molar-refractivity contribution in [2.45, 2.75) is 11.4 Å². The molecule has 1 aromatic carbocycles. The largest absolute Gasteiger partial charge is 0.409 e. The first kappa shape index (κ1) is 14.9. The number of hydrogen-bond donors (Lipinski definition) is 3. The van der Waals surface area contributed by atoms with E-state index in [0.717, 1.165) is 0 Å². The van der Waals surface area contributed by atoms with E-state index < -0.39 is 10.0 Å². The normalized spacial score (nSPS) is 12.3. The molecule has 0 amide bonds. The molecule has 8 heteroatoms. The summed E-state index contributed by atoms with van der Waals surface area (Å²) in [6.07, 6.45) is 2.77. The smallest absolute Gasteiger partial charge is 0.242 e. The molecule has 4 N–H and O–H groups in total. The maximum absolute atomic E-state index is 12.0. The molecule has 0 aliphatic heterocycles. The molecule has 1 heterocycles. The van der Waals surface area contributed by atoms with Crippen LogP contribution in [-0.2, 0) is 16.6 Å². The molecule has 0 atom stereocenters. The zero-order valence-corrected chi connectivity index (χ0v) is 11.8. The Bertz CT molecular complexity index is 745. The van der Waals surface area contributed by atoms with Crippen molar-refractivity contribution in [3.8, 4) is 0 Å². The summed E-state index contributed by atoms with van der Waals surface area (Å²) in [5.74, 6) is -0.0352. The Balaban J connectivity index is 2.14. The van der Waals surface area contributed by atoms with E-state index in [2.05, 4.69) is 14.9 Å². The number of rotatable bonds is 5. The van der Waals surface area contributed by atoms with Gasteiger partial charge in [-0.2, -0.15) is 0 Å². The van der Waals surface area contributed by atoms with E-state index >= 15 is 0 Å². The van der Waals surface area contributed by atoms with Gasteiger partial charge in [0.25, 0.3) is 0 Å². The molecule has 0 aliphatic carbocycles. The molecule has 2 rings (SSSR count). The third kappa shape index (κ3) is 3.77. The van der Waals surface area contributed by atoms with Crippen molar-refractivity contribution in [1.82, 2.24) is 9.71 Å². The number of sulfonamides is 1. The summed E-state index contributed by atoms with van der Waals surface area (Å²) in [5.41, 5.74) is 6.69. The first-order valence-electron chi connectivity index (χ1n) is 5.99. The Kier molecular flexibility index (Phi) is 4.51. The van der Waals surface area contributed by atoms with Crippen LogP contribution < -0.4 is 10.5 Å². The third-order valence-electron chi connectivity index (χ3n) is 2.74. The highest BCUT2D eigenvalue weighted by molar-refractivity contribution is 7.89. The minimum atomic E-state index is -3.62. The Hall–Kier alpha value is -2.45. The second-order valence-corrected chi connectivity index (χ2v) is 5.97. The van der Waals surface area contributed by atoms with Crippen LogP contribution in [0, 0.1) is 0 Å². The number of nitrogens with two attached hydrogens (primary N) is 1. The van der Waals surface area contributed by atoms with Crippen molar-refractivity contribution in [3.05, 3.63) is 59.9 Å². The Morgan fingerprint density at radius 1 is 1.33 bits per heavy atom. The Morgan fingerprint density at radius 3 is 2.81 bits per heavy atom. The average molecular weight is 306 g/mol. The number of pyridine rings is 1. The molecule has 0 unspecified atom stereocenters. The molecule has 0 saturated carbocycles.